The minimum Gasteiger partial charge on any atom is -0.494 e. The second-order valence-electron chi connectivity index (χ2n) is 9.97. The summed E-state index contributed by atoms with van der Waals surface area (Å²) in [4.78, 5) is 31.7. The molecule has 0 saturated heterocycles. The molecule has 0 spiro atoms. The molecule has 8 nitrogen and oxygen atoms in total. The fourth-order valence-electron chi connectivity index (χ4n) is 3.27. The number of amides is 2. The number of aryl methyl sites for hydroxylation is 1. The number of hydrazine groups is 1. The van der Waals surface area contributed by atoms with Crippen LogP contribution in [-0.4, -0.2) is 40.8 Å². The van der Waals surface area contributed by atoms with Crippen molar-refractivity contribution in [3.05, 3.63) is 53.6 Å². The van der Waals surface area contributed by atoms with Crippen molar-refractivity contribution in [2.75, 3.05) is 11.6 Å². The first kappa shape index (κ1) is 25.1. The van der Waals surface area contributed by atoms with Gasteiger partial charge in [-0.05, 0) is 97.4 Å². The molecule has 1 aliphatic rings. The summed E-state index contributed by atoms with van der Waals surface area (Å²) in [5, 5.41) is 2.33. The molecule has 2 aromatic rings. The maximum atomic E-state index is 13.5. The number of ether oxygens (including phenoxy) is 3. The third kappa shape index (κ3) is 5.87. The maximum Gasteiger partial charge on any atom is 0.436 e. The standard InChI is InChI=1S/C26H33N3O5/c1-9-32-19-13-11-18(12-14-19)22-27-20-15-10-17(2)16-21(20)28(23(30)33-25(3,4)5)29(22)24(31)34-26(6,7)8/h10-16H,9H2,1-8H3. The van der Waals surface area contributed by atoms with Gasteiger partial charge in [0.1, 0.15) is 17.0 Å². The summed E-state index contributed by atoms with van der Waals surface area (Å²) < 4.78 is 16.9. The number of benzene rings is 2. The number of hydrogen-bond acceptors (Lipinski definition) is 6. The van der Waals surface area contributed by atoms with Crippen molar-refractivity contribution in [3.8, 4) is 5.75 Å². The van der Waals surface area contributed by atoms with Gasteiger partial charge in [-0.15, -0.1) is 0 Å². The molecule has 8 heteroatoms. The van der Waals surface area contributed by atoms with Gasteiger partial charge in [0.05, 0.1) is 18.0 Å². The largest absolute Gasteiger partial charge is 0.494 e. The molecule has 0 aliphatic carbocycles. The number of carbonyl (C=O) groups excluding carboxylic acids is 2. The highest BCUT2D eigenvalue weighted by Gasteiger charge is 2.41. The lowest BCUT2D eigenvalue weighted by molar-refractivity contribution is 0.0256. The van der Waals surface area contributed by atoms with Gasteiger partial charge >= 0.3 is 12.2 Å². The Kier molecular flexibility index (Phi) is 6.91. The SMILES string of the molecule is CCOc1ccc(C2=Nc3ccc(C)cc3N(C(=O)OC(C)(C)C)N2C(=O)OC(C)(C)C)cc1. The number of aliphatic imine (C=N–C) groups is 1. The van der Waals surface area contributed by atoms with Crippen LogP contribution < -0.4 is 9.75 Å². The Morgan fingerprint density at radius 1 is 0.853 bits per heavy atom. The van der Waals surface area contributed by atoms with Crippen LogP contribution in [0.5, 0.6) is 5.75 Å². The second kappa shape index (κ2) is 9.37. The quantitative estimate of drug-likeness (QED) is 0.523. The Bertz CT molecular complexity index is 1090. The van der Waals surface area contributed by atoms with E-state index in [0.717, 1.165) is 10.6 Å². The van der Waals surface area contributed by atoms with E-state index >= 15 is 0 Å². The van der Waals surface area contributed by atoms with Crippen molar-refractivity contribution in [2.24, 2.45) is 4.99 Å². The Morgan fingerprint density at radius 2 is 1.41 bits per heavy atom. The highest BCUT2D eigenvalue weighted by atomic mass is 16.6. The van der Waals surface area contributed by atoms with Gasteiger partial charge in [-0.1, -0.05) is 6.07 Å². The molecule has 2 aromatic carbocycles. The number of carbonyl (C=O) groups is 2. The molecule has 0 unspecified atom stereocenters. The zero-order chi connectivity index (χ0) is 25.3. The van der Waals surface area contributed by atoms with E-state index in [4.69, 9.17) is 19.2 Å². The first-order valence-corrected chi connectivity index (χ1v) is 11.3. The Balaban J connectivity index is 2.20. The van der Waals surface area contributed by atoms with Crippen molar-refractivity contribution in [2.45, 2.75) is 66.6 Å². The van der Waals surface area contributed by atoms with Gasteiger partial charge in [0, 0.05) is 5.56 Å². The summed E-state index contributed by atoms with van der Waals surface area (Å²) in [6.07, 6.45) is -1.47. The van der Waals surface area contributed by atoms with Crippen molar-refractivity contribution in [3.63, 3.8) is 0 Å². The second-order valence-corrected chi connectivity index (χ2v) is 9.97. The zero-order valence-corrected chi connectivity index (χ0v) is 21.1. The van der Waals surface area contributed by atoms with Gasteiger partial charge < -0.3 is 14.2 Å². The topological polar surface area (TPSA) is 80.7 Å². The van der Waals surface area contributed by atoms with E-state index in [-0.39, 0.29) is 5.84 Å². The molecule has 0 aromatic heterocycles. The third-order valence-corrected chi connectivity index (χ3v) is 4.54. The highest BCUT2D eigenvalue weighted by molar-refractivity contribution is 6.14. The molecule has 34 heavy (non-hydrogen) atoms. The molecule has 0 atom stereocenters. The summed E-state index contributed by atoms with van der Waals surface area (Å²) in [7, 11) is 0. The monoisotopic (exact) mass is 467 g/mol. The van der Waals surface area contributed by atoms with Gasteiger partial charge in [-0.2, -0.15) is 10.0 Å². The van der Waals surface area contributed by atoms with E-state index in [1.165, 1.54) is 5.01 Å². The predicted octanol–water partition coefficient (Wildman–Crippen LogP) is 6.38. The van der Waals surface area contributed by atoms with E-state index in [0.29, 0.717) is 29.3 Å². The van der Waals surface area contributed by atoms with Crippen molar-refractivity contribution in [1.82, 2.24) is 5.01 Å². The van der Waals surface area contributed by atoms with Crippen LogP contribution in [0.15, 0.2) is 47.5 Å². The summed E-state index contributed by atoms with van der Waals surface area (Å²) in [6, 6.07) is 12.6. The number of fused-ring (bicyclic) bond motifs is 1. The van der Waals surface area contributed by atoms with Crippen molar-refractivity contribution in [1.29, 1.82) is 0 Å². The molecular weight excluding hydrogens is 434 g/mol. The van der Waals surface area contributed by atoms with Crippen LogP contribution in [0.2, 0.25) is 0 Å². The average molecular weight is 468 g/mol. The lowest BCUT2D eigenvalue weighted by Crippen LogP contribution is -2.57. The first-order valence-electron chi connectivity index (χ1n) is 11.3. The van der Waals surface area contributed by atoms with Crippen molar-refractivity contribution >= 4 is 29.4 Å². The van der Waals surface area contributed by atoms with E-state index in [1.54, 1.807) is 71.9 Å². The molecule has 0 saturated carbocycles. The molecule has 0 fully saturated rings. The lowest BCUT2D eigenvalue weighted by Gasteiger charge is -2.39. The van der Waals surface area contributed by atoms with Crippen LogP contribution >= 0.6 is 0 Å². The van der Waals surface area contributed by atoms with Gasteiger partial charge in [0.2, 0.25) is 0 Å². The average Bonchev–Trinajstić information content (AvgIpc) is 2.70. The number of amidine groups is 1. The number of nitrogens with zero attached hydrogens (tertiary/aromatic N) is 3. The fourth-order valence-corrected chi connectivity index (χ4v) is 3.27. The summed E-state index contributed by atoms with van der Waals surface area (Å²) in [6.45, 7) is 14.9. The minimum atomic E-state index is -0.798. The molecule has 0 radical (unpaired) electrons. The van der Waals surface area contributed by atoms with E-state index in [9.17, 15) is 9.59 Å². The van der Waals surface area contributed by atoms with Crippen molar-refractivity contribution < 1.29 is 23.8 Å². The number of hydrogen-bond donors (Lipinski definition) is 0. The molecule has 3 rings (SSSR count). The minimum absolute atomic E-state index is 0.236. The Labute approximate surface area is 201 Å². The first-order chi connectivity index (χ1) is 15.8. The molecule has 1 aliphatic heterocycles. The van der Waals surface area contributed by atoms with E-state index in [1.807, 2.05) is 26.0 Å². The molecule has 1 heterocycles. The Hall–Kier alpha value is -3.55. The molecule has 0 N–H and O–H groups in total. The maximum absolute atomic E-state index is 13.5. The number of anilines is 1. The van der Waals surface area contributed by atoms with Crippen LogP contribution in [0.3, 0.4) is 0 Å². The van der Waals surface area contributed by atoms with E-state index in [2.05, 4.69) is 0 Å². The van der Waals surface area contributed by atoms with Crippen LogP contribution in [0.1, 0.15) is 59.6 Å². The molecule has 2 amide bonds. The van der Waals surface area contributed by atoms with Crippen LogP contribution in [0, 0.1) is 6.92 Å². The van der Waals surface area contributed by atoms with Gasteiger partial charge in [0.15, 0.2) is 5.84 Å². The molecule has 0 bridgehead atoms. The van der Waals surface area contributed by atoms with Crippen LogP contribution in [0.4, 0.5) is 21.0 Å². The third-order valence-electron chi connectivity index (χ3n) is 4.54. The lowest BCUT2D eigenvalue weighted by atomic mass is 10.1. The van der Waals surface area contributed by atoms with Gasteiger partial charge in [-0.3, -0.25) is 0 Å². The fraction of sp³-hybridized carbons (Fsp3) is 0.423. The van der Waals surface area contributed by atoms with Gasteiger partial charge in [0.25, 0.3) is 0 Å². The molecule has 182 valence electrons. The number of rotatable bonds is 3. The summed E-state index contributed by atoms with van der Waals surface area (Å²) >= 11 is 0. The highest BCUT2D eigenvalue weighted by Crippen LogP contribution is 2.38. The smallest absolute Gasteiger partial charge is 0.436 e. The Morgan fingerprint density at radius 3 is 1.94 bits per heavy atom. The summed E-state index contributed by atoms with van der Waals surface area (Å²) in [5.41, 5.74) is 0.877. The normalized spacial score (nSPS) is 13.7. The van der Waals surface area contributed by atoms with Crippen LogP contribution in [0.25, 0.3) is 0 Å². The summed E-state index contributed by atoms with van der Waals surface area (Å²) in [5.74, 6) is 0.922. The van der Waals surface area contributed by atoms with E-state index < -0.39 is 23.4 Å². The predicted molar refractivity (Wildman–Crippen MR) is 132 cm³/mol. The molecular formula is C26H33N3O5. The zero-order valence-electron chi connectivity index (χ0n) is 21.1. The van der Waals surface area contributed by atoms with Crippen LogP contribution in [-0.2, 0) is 9.47 Å². The van der Waals surface area contributed by atoms with Gasteiger partial charge in [-0.25, -0.2) is 14.6 Å².